The van der Waals surface area contributed by atoms with Crippen molar-refractivity contribution in [1.29, 1.82) is 0 Å². The Morgan fingerprint density at radius 1 is 1.32 bits per heavy atom. The molecule has 6 nitrogen and oxygen atoms in total. The molecule has 1 unspecified atom stereocenters. The second kappa shape index (κ2) is 5.71. The lowest BCUT2D eigenvalue weighted by molar-refractivity contribution is 0.388. The summed E-state index contributed by atoms with van der Waals surface area (Å²) in [6, 6.07) is 5.41. The van der Waals surface area contributed by atoms with E-state index in [0.717, 1.165) is 22.8 Å². The van der Waals surface area contributed by atoms with Crippen LogP contribution in [0, 0.1) is 0 Å². The third kappa shape index (κ3) is 3.03. The number of hydrogen-bond acceptors (Lipinski definition) is 5. The fourth-order valence-corrected chi connectivity index (χ4v) is 1.95. The summed E-state index contributed by atoms with van der Waals surface area (Å²) in [5.41, 5.74) is 7.99. The maximum absolute atomic E-state index is 6.21. The van der Waals surface area contributed by atoms with Crippen LogP contribution >= 0.6 is 0 Å². The molecule has 2 rings (SSSR count). The number of aromatic nitrogens is 3. The molecule has 6 heteroatoms. The van der Waals surface area contributed by atoms with Crippen molar-refractivity contribution in [3.05, 3.63) is 35.7 Å². The zero-order valence-corrected chi connectivity index (χ0v) is 11.3. The lowest BCUT2D eigenvalue weighted by atomic mass is 10.0. The summed E-state index contributed by atoms with van der Waals surface area (Å²) in [6.45, 7) is 0. The molecule has 2 aromatic rings. The van der Waals surface area contributed by atoms with Gasteiger partial charge in [0.1, 0.15) is 11.5 Å². The molecule has 2 N–H and O–H groups in total. The SMILES string of the molecule is COc1ccc(C(N)Cc2cn(C)nn2)c(OC)c1. The van der Waals surface area contributed by atoms with Crippen LogP contribution in [0.1, 0.15) is 17.3 Å². The Hall–Kier alpha value is -2.08. The highest BCUT2D eigenvalue weighted by molar-refractivity contribution is 5.42. The highest BCUT2D eigenvalue weighted by Gasteiger charge is 2.15. The fraction of sp³-hybridized carbons (Fsp3) is 0.385. The van der Waals surface area contributed by atoms with Crippen LogP contribution in [-0.4, -0.2) is 29.2 Å². The van der Waals surface area contributed by atoms with Gasteiger partial charge in [-0.2, -0.15) is 0 Å². The maximum atomic E-state index is 6.21. The minimum absolute atomic E-state index is 0.197. The first kappa shape index (κ1) is 13.4. The van der Waals surface area contributed by atoms with Crippen LogP contribution in [0.2, 0.25) is 0 Å². The normalized spacial score (nSPS) is 12.2. The van der Waals surface area contributed by atoms with E-state index in [4.69, 9.17) is 15.2 Å². The number of nitrogens with zero attached hydrogens (tertiary/aromatic N) is 3. The average molecular weight is 262 g/mol. The molecule has 0 saturated carbocycles. The van der Waals surface area contributed by atoms with Crippen LogP contribution in [0.4, 0.5) is 0 Å². The van der Waals surface area contributed by atoms with Gasteiger partial charge in [0.05, 0.1) is 19.9 Å². The van der Waals surface area contributed by atoms with Gasteiger partial charge in [0, 0.05) is 37.3 Å². The minimum atomic E-state index is -0.197. The molecular formula is C13H18N4O2. The summed E-state index contributed by atoms with van der Waals surface area (Å²) in [5, 5.41) is 7.93. The second-order valence-corrected chi connectivity index (χ2v) is 4.30. The van der Waals surface area contributed by atoms with Crippen LogP contribution in [0.25, 0.3) is 0 Å². The number of aryl methyl sites for hydroxylation is 1. The minimum Gasteiger partial charge on any atom is -0.497 e. The smallest absolute Gasteiger partial charge is 0.127 e. The van der Waals surface area contributed by atoms with Gasteiger partial charge in [0.2, 0.25) is 0 Å². The molecule has 1 atom stereocenters. The third-order valence-corrected chi connectivity index (χ3v) is 2.92. The Labute approximate surface area is 112 Å². The van der Waals surface area contributed by atoms with Crippen LogP contribution in [0.5, 0.6) is 11.5 Å². The number of ether oxygens (including phenoxy) is 2. The molecule has 0 aliphatic rings. The van der Waals surface area contributed by atoms with Gasteiger partial charge in [-0.25, -0.2) is 0 Å². The molecule has 102 valence electrons. The zero-order chi connectivity index (χ0) is 13.8. The van der Waals surface area contributed by atoms with Crippen molar-refractivity contribution < 1.29 is 9.47 Å². The number of nitrogens with two attached hydrogens (primary N) is 1. The third-order valence-electron chi connectivity index (χ3n) is 2.92. The molecule has 19 heavy (non-hydrogen) atoms. The first-order chi connectivity index (χ1) is 9.13. The van der Waals surface area contributed by atoms with Crippen molar-refractivity contribution in [1.82, 2.24) is 15.0 Å². The van der Waals surface area contributed by atoms with Gasteiger partial charge in [-0.15, -0.1) is 5.10 Å². The summed E-state index contributed by atoms with van der Waals surface area (Å²) in [5.74, 6) is 1.46. The Morgan fingerprint density at radius 2 is 2.11 bits per heavy atom. The fourth-order valence-electron chi connectivity index (χ4n) is 1.95. The van der Waals surface area contributed by atoms with Crippen LogP contribution in [-0.2, 0) is 13.5 Å². The molecule has 0 amide bonds. The topological polar surface area (TPSA) is 75.2 Å². The summed E-state index contributed by atoms with van der Waals surface area (Å²) >= 11 is 0. The standard InChI is InChI=1S/C13H18N4O2/c1-17-8-9(15-16-17)6-12(14)11-5-4-10(18-2)7-13(11)19-3/h4-5,7-8,12H,6,14H2,1-3H3. The molecule has 0 aliphatic heterocycles. The van der Waals surface area contributed by atoms with Crippen LogP contribution in [0.3, 0.4) is 0 Å². The van der Waals surface area contributed by atoms with Gasteiger partial charge in [-0.1, -0.05) is 11.3 Å². The first-order valence-corrected chi connectivity index (χ1v) is 5.96. The predicted octanol–water partition coefficient (Wildman–Crippen LogP) is 1.07. The molecule has 1 aromatic heterocycles. The van der Waals surface area contributed by atoms with E-state index in [2.05, 4.69) is 10.3 Å². The highest BCUT2D eigenvalue weighted by atomic mass is 16.5. The molecule has 0 bridgehead atoms. The molecule has 0 saturated heterocycles. The van der Waals surface area contributed by atoms with Crippen molar-refractivity contribution in [3.63, 3.8) is 0 Å². The quantitative estimate of drug-likeness (QED) is 0.872. The van der Waals surface area contributed by atoms with Crippen molar-refractivity contribution in [3.8, 4) is 11.5 Å². The molecular weight excluding hydrogens is 244 g/mol. The van der Waals surface area contributed by atoms with Gasteiger partial charge in [0.15, 0.2) is 0 Å². The Bertz CT molecular complexity index is 553. The molecule has 0 fully saturated rings. The Kier molecular flexibility index (Phi) is 4.01. The van der Waals surface area contributed by atoms with Crippen molar-refractivity contribution >= 4 is 0 Å². The second-order valence-electron chi connectivity index (χ2n) is 4.30. The van der Waals surface area contributed by atoms with E-state index in [1.807, 2.05) is 31.4 Å². The van der Waals surface area contributed by atoms with Gasteiger partial charge in [-0.05, 0) is 6.07 Å². The Balaban J connectivity index is 2.20. The lowest BCUT2D eigenvalue weighted by Crippen LogP contribution is -2.14. The van der Waals surface area contributed by atoms with Gasteiger partial charge in [0.25, 0.3) is 0 Å². The van der Waals surface area contributed by atoms with E-state index in [1.165, 1.54) is 0 Å². The van der Waals surface area contributed by atoms with Crippen molar-refractivity contribution in [2.24, 2.45) is 12.8 Å². The summed E-state index contributed by atoms with van der Waals surface area (Å²) in [4.78, 5) is 0. The van der Waals surface area contributed by atoms with Gasteiger partial charge < -0.3 is 15.2 Å². The van der Waals surface area contributed by atoms with E-state index in [0.29, 0.717) is 6.42 Å². The maximum Gasteiger partial charge on any atom is 0.127 e. The molecule has 1 aromatic carbocycles. The van der Waals surface area contributed by atoms with Crippen molar-refractivity contribution in [2.75, 3.05) is 14.2 Å². The average Bonchev–Trinajstić information content (AvgIpc) is 2.83. The van der Waals surface area contributed by atoms with Crippen molar-refractivity contribution in [2.45, 2.75) is 12.5 Å². The van der Waals surface area contributed by atoms with E-state index in [1.54, 1.807) is 18.9 Å². The van der Waals surface area contributed by atoms with E-state index in [-0.39, 0.29) is 6.04 Å². The highest BCUT2D eigenvalue weighted by Crippen LogP contribution is 2.29. The molecule has 0 radical (unpaired) electrons. The number of hydrogen-bond donors (Lipinski definition) is 1. The summed E-state index contributed by atoms with van der Waals surface area (Å²) in [6.07, 6.45) is 2.46. The number of benzene rings is 1. The van der Waals surface area contributed by atoms with Crippen LogP contribution < -0.4 is 15.2 Å². The van der Waals surface area contributed by atoms with Gasteiger partial charge in [-0.3, -0.25) is 4.68 Å². The Morgan fingerprint density at radius 3 is 2.68 bits per heavy atom. The first-order valence-electron chi connectivity index (χ1n) is 5.96. The van der Waals surface area contributed by atoms with E-state index >= 15 is 0 Å². The lowest BCUT2D eigenvalue weighted by Gasteiger charge is -2.15. The van der Waals surface area contributed by atoms with Crippen LogP contribution in [0.15, 0.2) is 24.4 Å². The van der Waals surface area contributed by atoms with E-state index < -0.39 is 0 Å². The summed E-state index contributed by atoms with van der Waals surface area (Å²) in [7, 11) is 5.07. The monoisotopic (exact) mass is 262 g/mol. The molecule has 1 heterocycles. The number of rotatable bonds is 5. The zero-order valence-electron chi connectivity index (χ0n) is 11.3. The number of methoxy groups -OCH3 is 2. The van der Waals surface area contributed by atoms with Gasteiger partial charge >= 0.3 is 0 Å². The van der Waals surface area contributed by atoms with E-state index in [9.17, 15) is 0 Å². The predicted molar refractivity (Wildman–Crippen MR) is 71.2 cm³/mol. The molecule has 0 spiro atoms. The molecule has 0 aliphatic carbocycles. The summed E-state index contributed by atoms with van der Waals surface area (Å²) < 4.78 is 12.2. The largest absolute Gasteiger partial charge is 0.497 e.